The van der Waals surface area contributed by atoms with Gasteiger partial charge in [-0.1, -0.05) is 182 Å². The van der Waals surface area contributed by atoms with E-state index in [2.05, 4.69) is 176 Å². The van der Waals surface area contributed by atoms with E-state index in [4.69, 9.17) is 0 Å². The van der Waals surface area contributed by atoms with Crippen molar-refractivity contribution in [3.63, 3.8) is 0 Å². The van der Waals surface area contributed by atoms with Crippen LogP contribution in [-0.2, 0) is 0 Å². The van der Waals surface area contributed by atoms with Gasteiger partial charge >= 0.3 is 0 Å². The van der Waals surface area contributed by atoms with Crippen molar-refractivity contribution in [1.82, 2.24) is 0 Å². The second-order valence-corrected chi connectivity index (χ2v) is 15.3. The predicted octanol–water partition coefficient (Wildman–Crippen LogP) is 10.4. The van der Waals surface area contributed by atoms with Crippen molar-refractivity contribution in [1.29, 1.82) is 0 Å². The van der Waals surface area contributed by atoms with E-state index in [1.807, 2.05) is 0 Å². The van der Waals surface area contributed by atoms with E-state index in [1.54, 1.807) is 0 Å². The molecule has 0 aromatic carbocycles. The molecule has 222 valence electrons. The Bertz CT molecular complexity index is 1360. The Hall–Kier alpha value is -2.93. The lowest BCUT2D eigenvalue weighted by Crippen LogP contribution is -2.32. The van der Waals surface area contributed by atoms with E-state index in [0.29, 0.717) is 0 Å². The Kier molecular flexibility index (Phi) is 10.6. The fourth-order valence-electron chi connectivity index (χ4n) is 7.18. The van der Waals surface area contributed by atoms with Crippen molar-refractivity contribution in [2.45, 2.75) is 95.4 Å². The topological polar surface area (TPSA) is 0 Å². The van der Waals surface area contributed by atoms with Crippen molar-refractivity contribution in [2.75, 3.05) is 0 Å². The molecule has 0 spiro atoms. The molecule has 0 amide bonds. The molecule has 0 aliphatic heterocycles. The standard InChI is InChI=1S/C40H53B3/c1-36(2,43-40(7)29-15-11-12-16-30-40)33-21-17-31-39(6,32-18-22-33)42-35-25-19-27-38(5,28-20-26-35)37(3,4)41-34-23-13-9-8-10-14-24-34/h9-21,23,25,27-32,41-43H,8,22,24,26H2,1-7H3/b13-9-,14-10-,27-19-,28-20-,31-17-,32-18-,33-21+,34-23-,35-25-. The number of allylic oxidation sites excluding steroid dienone is 24. The van der Waals surface area contributed by atoms with Crippen molar-refractivity contribution >= 4 is 21.8 Å². The number of hydrogen-bond acceptors (Lipinski definition) is 0. The minimum absolute atomic E-state index is 0.000472. The second kappa shape index (κ2) is 13.8. The Labute approximate surface area is 266 Å². The predicted molar refractivity (Wildman–Crippen MR) is 199 cm³/mol. The van der Waals surface area contributed by atoms with E-state index in [0.717, 1.165) is 47.5 Å². The highest BCUT2D eigenvalue weighted by atomic mass is 14.3. The van der Waals surface area contributed by atoms with Gasteiger partial charge < -0.3 is 0 Å². The summed E-state index contributed by atoms with van der Waals surface area (Å²) in [7, 11) is 3.22. The van der Waals surface area contributed by atoms with Crippen LogP contribution in [0.5, 0.6) is 0 Å². The summed E-state index contributed by atoms with van der Waals surface area (Å²) in [6.07, 6.45) is 52.9. The Balaban J connectivity index is 1.44. The molecule has 4 rings (SSSR count). The summed E-state index contributed by atoms with van der Waals surface area (Å²) < 4.78 is 0. The third-order valence-corrected chi connectivity index (χ3v) is 10.2. The first kappa shape index (κ1) is 33.0. The average molecular weight is 566 g/mol. The van der Waals surface area contributed by atoms with Crippen LogP contribution >= 0.6 is 0 Å². The molecule has 4 aliphatic rings. The molecule has 0 fully saturated rings. The average Bonchev–Trinajstić information content (AvgIpc) is 3.10. The van der Waals surface area contributed by atoms with Gasteiger partial charge in [-0.2, -0.15) is 0 Å². The second-order valence-electron chi connectivity index (χ2n) is 15.3. The molecular weight excluding hydrogens is 513 g/mol. The molecule has 0 bridgehead atoms. The van der Waals surface area contributed by atoms with Gasteiger partial charge in [0.25, 0.3) is 0 Å². The first-order chi connectivity index (χ1) is 20.3. The smallest absolute Gasteiger partial charge is 0.101 e. The van der Waals surface area contributed by atoms with Crippen LogP contribution in [0.15, 0.2) is 144 Å². The Morgan fingerprint density at radius 2 is 1.21 bits per heavy atom. The highest BCUT2D eigenvalue weighted by Gasteiger charge is 2.38. The summed E-state index contributed by atoms with van der Waals surface area (Å²) >= 11 is 0. The fraction of sp³-hybridized carbons (Fsp3) is 0.400. The summed E-state index contributed by atoms with van der Waals surface area (Å²) in [5, 5.41) is 0.297. The first-order valence-corrected chi connectivity index (χ1v) is 16.5. The van der Waals surface area contributed by atoms with Gasteiger partial charge in [-0.05, 0) is 46.9 Å². The molecule has 43 heavy (non-hydrogen) atoms. The molecule has 0 aromatic rings. The highest BCUT2D eigenvalue weighted by molar-refractivity contribution is 6.51. The molecule has 4 aliphatic carbocycles. The van der Waals surface area contributed by atoms with E-state index >= 15 is 0 Å². The summed E-state index contributed by atoms with van der Waals surface area (Å²) in [6, 6.07) is 0. The van der Waals surface area contributed by atoms with Gasteiger partial charge in [-0.25, -0.2) is 0 Å². The number of rotatable bonds is 8. The van der Waals surface area contributed by atoms with E-state index in [1.165, 1.54) is 16.5 Å². The molecule has 3 heteroatoms. The van der Waals surface area contributed by atoms with Crippen molar-refractivity contribution in [2.24, 2.45) is 5.41 Å². The van der Waals surface area contributed by atoms with Crippen LogP contribution in [0.4, 0.5) is 0 Å². The zero-order chi connectivity index (χ0) is 31.0. The molecule has 2 atom stereocenters. The van der Waals surface area contributed by atoms with Crippen LogP contribution in [0.25, 0.3) is 0 Å². The van der Waals surface area contributed by atoms with Crippen molar-refractivity contribution in [3.8, 4) is 0 Å². The fourth-order valence-corrected chi connectivity index (χ4v) is 7.18. The van der Waals surface area contributed by atoms with Gasteiger partial charge in [0.15, 0.2) is 14.6 Å². The minimum Gasteiger partial charge on any atom is -0.101 e. The maximum Gasteiger partial charge on any atom is 0.168 e. The van der Waals surface area contributed by atoms with Gasteiger partial charge in [-0.15, -0.1) is 10.9 Å². The Morgan fingerprint density at radius 1 is 0.558 bits per heavy atom. The molecule has 0 heterocycles. The minimum atomic E-state index is -0.000472. The monoisotopic (exact) mass is 566 g/mol. The number of hydrogen-bond donors (Lipinski definition) is 0. The van der Waals surface area contributed by atoms with Crippen LogP contribution in [0, 0.1) is 5.41 Å². The summed E-state index contributed by atoms with van der Waals surface area (Å²) in [5.74, 6) is 0. The SMILES string of the molecule is CC1(BC(C)(C)/C2=C/C=C\C(C)(B/C3=C\C=C/C(C)(C(C)(C)B/C4=C\C=C/C/C=C\C4)/C=C\C3)/C=C\C2)C=CC=CC=C1. The molecule has 0 saturated carbocycles. The van der Waals surface area contributed by atoms with Gasteiger partial charge in [0.05, 0.1) is 0 Å². The van der Waals surface area contributed by atoms with Crippen molar-refractivity contribution < 1.29 is 0 Å². The lowest BCUT2D eigenvalue weighted by molar-refractivity contribution is 0.399. The van der Waals surface area contributed by atoms with Gasteiger partial charge in [0.2, 0.25) is 0 Å². The first-order valence-electron chi connectivity index (χ1n) is 16.5. The van der Waals surface area contributed by atoms with Gasteiger partial charge in [-0.3, -0.25) is 0 Å². The van der Waals surface area contributed by atoms with E-state index in [9.17, 15) is 0 Å². The summed E-state index contributed by atoms with van der Waals surface area (Å²) in [6.45, 7) is 16.8. The molecular formula is C40H53B3. The third kappa shape index (κ3) is 9.04. The largest absolute Gasteiger partial charge is 0.168 e. The lowest BCUT2D eigenvalue weighted by atomic mass is 9.38. The lowest BCUT2D eigenvalue weighted by Gasteiger charge is -2.41. The van der Waals surface area contributed by atoms with Crippen molar-refractivity contribution in [3.05, 3.63) is 144 Å². The zero-order valence-electron chi connectivity index (χ0n) is 28.1. The zero-order valence-corrected chi connectivity index (χ0v) is 28.1. The van der Waals surface area contributed by atoms with E-state index < -0.39 is 0 Å². The molecule has 0 saturated heterocycles. The highest BCUT2D eigenvalue weighted by Crippen LogP contribution is 2.49. The molecule has 2 unspecified atom stereocenters. The van der Waals surface area contributed by atoms with Crippen LogP contribution in [0.1, 0.15) is 74.1 Å². The van der Waals surface area contributed by atoms with Gasteiger partial charge in [0, 0.05) is 5.41 Å². The van der Waals surface area contributed by atoms with E-state index in [-0.39, 0.29) is 26.7 Å². The molecule has 0 aromatic heterocycles. The maximum atomic E-state index is 2.48. The molecule has 0 nitrogen and oxygen atoms in total. The van der Waals surface area contributed by atoms with Crippen LogP contribution in [0.2, 0.25) is 21.3 Å². The van der Waals surface area contributed by atoms with Crippen LogP contribution < -0.4 is 0 Å². The summed E-state index contributed by atoms with van der Waals surface area (Å²) in [5.41, 5.74) is 4.50. The third-order valence-electron chi connectivity index (χ3n) is 10.2. The Morgan fingerprint density at radius 3 is 1.98 bits per heavy atom. The molecule has 0 N–H and O–H groups in total. The van der Waals surface area contributed by atoms with Crippen LogP contribution in [-0.4, -0.2) is 21.8 Å². The van der Waals surface area contributed by atoms with Crippen LogP contribution in [0.3, 0.4) is 0 Å². The quantitative estimate of drug-likeness (QED) is 0.203. The maximum absolute atomic E-state index is 2.48. The summed E-state index contributed by atoms with van der Waals surface area (Å²) in [4.78, 5) is 0. The normalized spacial score (nSPS) is 35.1. The van der Waals surface area contributed by atoms with Gasteiger partial charge in [0.1, 0.15) is 7.28 Å². The molecule has 0 radical (unpaired) electrons.